The van der Waals surface area contributed by atoms with Crippen LogP contribution in [0.3, 0.4) is 0 Å². The van der Waals surface area contributed by atoms with Gasteiger partial charge >= 0.3 is 0 Å². The molecule has 0 atom stereocenters. The van der Waals surface area contributed by atoms with Crippen molar-refractivity contribution in [3.05, 3.63) is 42.0 Å². The first-order valence-corrected chi connectivity index (χ1v) is 5.33. The number of rotatable bonds is 1. The van der Waals surface area contributed by atoms with Gasteiger partial charge in [0.05, 0.1) is 0 Å². The molecule has 0 aromatic heterocycles. The number of hydrogen-bond donors (Lipinski definition) is 0. The number of hydrogen-bond acceptors (Lipinski definition) is 0. The Labute approximate surface area is 86.7 Å². The summed E-state index contributed by atoms with van der Waals surface area (Å²) in [5.41, 5.74) is 3.39. The average Bonchev–Trinajstić information content (AvgIpc) is 2.19. The molecule has 0 heterocycles. The molecule has 0 N–H and O–H groups in total. The van der Waals surface area contributed by atoms with Crippen LogP contribution in [0, 0.1) is 11.5 Å². The van der Waals surface area contributed by atoms with Crippen LogP contribution in [0.4, 0.5) is 0 Å². The molecule has 0 heteroatoms. The Balaban J connectivity index is 2.19. The predicted octanol–water partition coefficient (Wildman–Crippen LogP) is 4.08. The highest BCUT2D eigenvalue weighted by Crippen LogP contribution is 2.37. The van der Waals surface area contributed by atoms with Crippen molar-refractivity contribution < 1.29 is 0 Å². The van der Waals surface area contributed by atoms with Crippen molar-refractivity contribution in [3.63, 3.8) is 0 Å². The minimum Gasteiger partial charge on any atom is -0.0802 e. The molecule has 1 aromatic carbocycles. The van der Waals surface area contributed by atoms with Gasteiger partial charge in [0.15, 0.2) is 0 Å². The van der Waals surface area contributed by atoms with Gasteiger partial charge in [-0.05, 0) is 41.9 Å². The first-order chi connectivity index (χ1) is 6.67. The summed E-state index contributed by atoms with van der Waals surface area (Å²) in [6.07, 6.45) is 6.13. The molecule has 73 valence electrons. The lowest BCUT2D eigenvalue weighted by molar-refractivity contribution is 0.335. The molecule has 0 bridgehead atoms. The van der Waals surface area contributed by atoms with Gasteiger partial charge in [0.2, 0.25) is 0 Å². The standard InChI is InChI=1S/C14H17/c1-14(2)10-8-13(9-11-14)12-6-4-3-5-7-12/h4-8H,9-11H2,1-2H3. The molecule has 1 radical (unpaired) electrons. The fourth-order valence-electron chi connectivity index (χ4n) is 1.94. The van der Waals surface area contributed by atoms with Crippen LogP contribution in [-0.2, 0) is 0 Å². The summed E-state index contributed by atoms with van der Waals surface area (Å²) in [5, 5.41) is 0. The zero-order valence-corrected chi connectivity index (χ0v) is 9.01. The minimum absolute atomic E-state index is 0.504. The van der Waals surface area contributed by atoms with Gasteiger partial charge in [0, 0.05) is 0 Å². The Kier molecular flexibility index (Phi) is 2.45. The van der Waals surface area contributed by atoms with Crippen LogP contribution >= 0.6 is 0 Å². The fraction of sp³-hybridized carbons (Fsp3) is 0.429. The van der Waals surface area contributed by atoms with Gasteiger partial charge in [0.25, 0.3) is 0 Å². The van der Waals surface area contributed by atoms with Gasteiger partial charge in [-0.2, -0.15) is 0 Å². The van der Waals surface area contributed by atoms with Gasteiger partial charge < -0.3 is 0 Å². The second-order valence-corrected chi connectivity index (χ2v) is 4.89. The van der Waals surface area contributed by atoms with E-state index in [4.69, 9.17) is 0 Å². The molecule has 0 saturated heterocycles. The summed E-state index contributed by atoms with van der Waals surface area (Å²) >= 11 is 0. The van der Waals surface area contributed by atoms with E-state index in [1.807, 2.05) is 12.1 Å². The van der Waals surface area contributed by atoms with E-state index in [-0.39, 0.29) is 0 Å². The number of allylic oxidation sites excluding steroid dienone is 2. The van der Waals surface area contributed by atoms with E-state index in [0.29, 0.717) is 5.41 Å². The van der Waals surface area contributed by atoms with Crippen LogP contribution < -0.4 is 0 Å². The van der Waals surface area contributed by atoms with Gasteiger partial charge in [-0.25, -0.2) is 0 Å². The van der Waals surface area contributed by atoms with Crippen LogP contribution in [0.1, 0.15) is 38.7 Å². The van der Waals surface area contributed by atoms with Crippen molar-refractivity contribution in [2.75, 3.05) is 0 Å². The smallest absolute Gasteiger partial charge is 0.0184 e. The molecule has 1 aliphatic carbocycles. The van der Waals surface area contributed by atoms with E-state index in [0.717, 1.165) is 0 Å². The Hall–Kier alpha value is -1.04. The van der Waals surface area contributed by atoms with Crippen molar-refractivity contribution >= 4 is 5.57 Å². The Morgan fingerprint density at radius 3 is 2.50 bits per heavy atom. The summed E-state index contributed by atoms with van der Waals surface area (Å²) < 4.78 is 0. The molecule has 0 fully saturated rings. The van der Waals surface area contributed by atoms with Crippen LogP contribution in [-0.4, -0.2) is 0 Å². The van der Waals surface area contributed by atoms with Gasteiger partial charge in [0.1, 0.15) is 0 Å². The third-order valence-electron chi connectivity index (χ3n) is 3.06. The van der Waals surface area contributed by atoms with Gasteiger partial charge in [-0.3, -0.25) is 0 Å². The molecular weight excluding hydrogens is 168 g/mol. The maximum absolute atomic E-state index is 3.06. The van der Waals surface area contributed by atoms with Crippen molar-refractivity contribution in [2.24, 2.45) is 5.41 Å². The van der Waals surface area contributed by atoms with E-state index in [1.54, 1.807) is 0 Å². The molecule has 1 aliphatic rings. The third kappa shape index (κ3) is 2.06. The lowest BCUT2D eigenvalue weighted by Crippen LogP contribution is -2.13. The van der Waals surface area contributed by atoms with Gasteiger partial charge in [-0.15, -0.1) is 0 Å². The SMILES string of the molecule is CC1(C)CC=C(c2cc[c]cc2)CC1. The molecule has 0 spiro atoms. The minimum atomic E-state index is 0.504. The average molecular weight is 185 g/mol. The van der Waals surface area contributed by atoms with Crippen LogP contribution in [0.15, 0.2) is 30.3 Å². The van der Waals surface area contributed by atoms with Crippen molar-refractivity contribution in [1.82, 2.24) is 0 Å². The van der Waals surface area contributed by atoms with Crippen molar-refractivity contribution in [3.8, 4) is 0 Å². The topological polar surface area (TPSA) is 0 Å². The summed E-state index contributed by atoms with van der Waals surface area (Å²) in [6.45, 7) is 4.69. The highest BCUT2D eigenvalue weighted by atomic mass is 14.3. The van der Waals surface area contributed by atoms with E-state index in [1.165, 1.54) is 30.4 Å². The second kappa shape index (κ2) is 3.61. The quantitative estimate of drug-likeness (QED) is 0.618. The summed E-state index contributed by atoms with van der Waals surface area (Å²) in [5.74, 6) is 0. The Bertz CT molecular complexity index is 330. The monoisotopic (exact) mass is 185 g/mol. The van der Waals surface area contributed by atoms with E-state index >= 15 is 0 Å². The molecule has 0 saturated carbocycles. The zero-order chi connectivity index (χ0) is 10.0. The van der Waals surface area contributed by atoms with E-state index < -0.39 is 0 Å². The third-order valence-corrected chi connectivity index (χ3v) is 3.06. The second-order valence-electron chi connectivity index (χ2n) is 4.89. The number of benzene rings is 1. The molecule has 2 rings (SSSR count). The van der Waals surface area contributed by atoms with Crippen LogP contribution in [0.5, 0.6) is 0 Å². The first kappa shape index (κ1) is 9.51. The maximum atomic E-state index is 3.06. The molecule has 0 unspecified atom stereocenters. The molecule has 14 heavy (non-hydrogen) atoms. The van der Waals surface area contributed by atoms with Gasteiger partial charge in [-0.1, -0.05) is 44.2 Å². The fourth-order valence-corrected chi connectivity index (χ4v) is 1.94. The molecular formula is C14H17. The lowest BCUT2D eigenvalue weighted by atomic mass is 9.77. The molecule has 0 amide bonds. The Morgan fingerprint density at radius 2 is 1.93 bits per heavy atom. The largest absolute Gasteiger partial charge is 0.0802 e. The maximum Gasteiger partial charge on any atom is -0.0184 e. The highest BCUT2D eigenvalue weighted by Gasteiger charge is 2.21. The van der Waals surface area contributed by atoms with E-state index in [2.05, 4.69) is 38.1 Å². The van der Waals surface area contributed by atoms with Crippen LogP contribution in [0.2, 0.25) is 0 Å². The molecule has 1 aromatic rings. The molecule has 0 aliphatic heterocycles. The first-order valence-electron chi connectivity index (χ1n) is 5.33. The van der Waals surface area contributed by atoms with Crippen LogP contribution in [0.25, 0.3) is 5.57 Å². The summed E-state index contributed by atoms with van der Waals surface area (Å²) in [4.78, 5) is 0. The van der Waals surface area contributed by atoms with E-state index in [9.17, 15) is 0 Å². The van der Waals surface area contributed by atoms with Crippen molar-refractivity contribution in [2.45, 2.75) is 33.1 Å². The predicted molar refractivity (Wildman–Crippen MR) is 60.9 cm³/mol. The molecule has 0 nitrogen and oxygen atoms in total. The Morgan fingerprint density at radius 1 is 1.21 bits per heavy atom. The lowest BCUT2D eigenvalue weighted by Gasteiger charge is -2.28. The highest BCUT2D eigenvalue weighted by molar-refractivity contribution is 5.66. The zero-order valence-electron chi connectivity index (χ0n) is 9.01. The normalized spacial score (nSPS) is 20.3. The summed E-state index contributed by atoms with van der Waals surface area (Å²) in [6, 6.07) is 11.4. The van der Waals surface area contributed by atoms with Crippen molar-refractivity contribution in [1.29, 1.82) is 0 Å². The summed E-state index contributed by atoms with van der Waals surface area (Å²) in [7, 11) is 0.